The summed E-state index contributed by atoms with van der Waals surface area (Å²) in [5.74, 6) is -0.161. The minimum atomic E-state index is -4.49. The van der Waals surface area contributed by atoms with E-state index in [1.165, 1.54) is 6.07 Å². The lowest BCUT2D eigenvalue weighted by molar-refractivity contribution is -0.137. The summed E-state index contributed by atoms with van der Waals surface area (Å²) >= 11 is 12.2. The first-order chi connectivity index (χ1) is 20.7. The molecule has 1 aliphatic heterocycles. The molecule has 8 nitrogen and oxygen atoms in total. The maximum Gasteiger partial charge on any atom is 0.416 e. The molecule has 3 aromatic carbocycles. The van der Waals surface area contributed by atoms with Crippen molar-refractivity contribution in [3.05, 3.63) is 87.4 Å². The number of anilines is 2. The second kappa shape index (κ2) is 14.1. The van der Waals surface area contributed by atoms with Crippen LogP contribution in [0.5, 0.6) is 5.75 Å². The molecule has 4 rings (SSSR count). The Morgan fingerprint density at radius 3 is 2.36 bits per heavy atom. The average Bonchev–Trinajstić information content (AvgIpc) is 2.96. The molecule has 0 aromatic heterocycles. The number of carbonyl (C=O) groups is 2. The van der Waals surface area contributed by atoms with Crippen molar-refractivity contribution >= 4 is 46.5 Å². The van der Waals surface area contributed by atoms with Crippen molar-refractivity contribution in [3.63, 3.8) is 0 Å². The summed E-state index contributed by atoms with van der Waals surface area (Å²) < 4.78 is 45.0. The number of aliphatic hydroxyl groups is 1. The first-order valence-electron chi connectivity index (χ1n) is 13.9. The zero-order valence-corrected chi connectivity index (χ0v) is 25.8. The number of aliphatic hydroxyl groups excluding tert-OH is 1. The Labute approximate surface area is 263 Å². The van der Waals surface area contributed by atoms with Crippen LogP contribution in [0.25, 0.3) is 0 Å². The molecule has 0 aliphatic carbocycles. The van der Waals surface area contributed by atoms with Gasteiger partial charge in [0.25, 0.3) is 5.91 Å². The summed E-state index contributed by atoms with van der Waals surface area (Å²) in [5, 5.41) is 15.9. The molecule has 236 valence electrons. The van der Waals surface area contributed by atoms with Gasteiger partial charge in [0.05, 0.1) is 33.8 Å². The van der Waals surface area contributed by atoms with Crippen molar-refractivity contribution < 1.29 is 32.6 Å². The van der Waals surface area contributed by atoms with Crippen LogP contribution >= 0.6 is 23.2 Å². The first-order valence-corrected chi connectivity index (χ1v) is 14.6. The van der Waals surface area contributed by atoms with E-state index in [0.29, 0.717) is 35.4 Å². The van der Waals surface area contributed by atoms with Crippen LogP contribution in [0.3, 0.4) is 0 Å². The quantitative estimate of drug-likeness (QED) is 0.243. The zero-order valence-electron chi connectivity index (χ0n) is 24.3. The molecule has 0 unspecified atom stereocenters. The van der Waals surface area contributed by atoms with E-state index >= 15 is 0 Å². The lowest BCUT2D eigenvalue weighted by atomic mass is 9.99. The highest BCUT2D eigenvalue weighted by atomic mass is 35.5. The monoisotopic (exact) mass is 652 g/mol. The number of likely N-dealkylation sites (N-methyl/N-ethyl adjacent to an activating group) is 1. The first kappa shape index (κ1) is 33.4. The molecule has 0 radical (unpaired) electrons. The van der Waals surface area contributed by atoms with Gasteiger partial charge in [-0.25, -0.2) is 4.79 Å². The van der Waals surface area contributed by atoms with E-state index in [9.17, 15) is 27.9 Å². The second-order valence-corrected chi connectivity index (χ2v) is 11.7. The summed E-state index contributed by atoms with van der Waals surface area (Å²) in [6, 6.07) is 12.9. The largest absolute Gasteiger partial charge is 0.488 e. The summed E-state index contributed by atoms with van der Waals surface area (Å²) in [4.78, 5) is 30.0. The molecule has 0 fully saturated rings. The number of hydrogen-bond donors (Lipinski definition) is 3. The van der Waals surface area contributed by atoms with Crippen molar-refractivity contribution in [1.82, 2.24) is 9.80 Å². The van der Waals surface area contributed by atoms with Gasteiger partial charge < -0.3 is 25.4 Å². The Morgan fingerprint density at radius 1 is 1.07 bits per heavy atom. The molecule has 0 bridgehead atoms. The van der Waals surface area contributed by atoms with Crippen molar-refractivity contribution in [2.45, 2.75) is 38.7 Å². The van der Waals surface area contributed by atoms with Crippen molar-refractivity contribution in [1.29, 1.82) is 0 Å². The normalized spacial score (nSPS) is 17.8. The molecule has 1 aliphatic rings. The third-order valence-corrected chi connectivity index (χ3v) is 8.06. The molecule has 44 heavy (non-hydrogen) atoms. The predicted molar refractivity (Wildman–Crippen MR) is 164 cm³/mol. The predicted octanol–water partition coefficient (Wildman–Crippen LogP) is 7.01. The molecular formula is C31H33Cl2F3N4O4. The number of urea groups is 1. The number of amides is 3. The highest BCUT2D eigenvalue weighted by molar-refractivity contribution is 6.42. The fourth-order valence-corrected chi connectivity index (χ4v) is 5.20. The fraction of sp³-hybridized carbons (Fsp3) is 0.355. The van der Waals surface area contributed by atoms with Crippen molar-refractivity contribution in [3.8, 4) is 5.75 Å². The van der Waals surface area contributed by atoms with Gasteiger partial charge in [-0.1, -0.05) is 36.2 Å². The molecule has 0 spiro atoms. The molecule has 3 amide bonds. The van der Waals surface area contributed by atoms with Gasteiger partial charge in [-0.15, -0.1) is 0 Å². The van der Waals surface area contributed by atoms with Crippen LogP contribution in [0.2, 0.25) is 10.0 Å². The third-order valence-electron chi connectivity index (χ3n) is 7.32. The summed E-state index contributed by atoms with van der Waals surface area (Å²) in [7, 11) is 1.94. The average molecular weight is 654 g/mol. The standard InChI is InChI=1S/C31H33Cl2F3N4O4/c1-18-14-40(19(2)17-41)29(42)24-13-23(38-30(43)37-22-7-5-21(6-8-22)31(34,35)36)9-11-27(24)44-28(18)16-39(3)15-20-4-10-25(32)26(33)12-20/h4-13,18-19,28,41H,14-17H2,1-3H3,(H2,37,38,43)/t18-,19+,28+/m0/s1. The van der Waals surface area contributed by atoms with Gasteiger partial charge in [0.2, 0.25) is 0 Å². The van der Waals surface area contributed by atoms with Gasteiger partial charge in [0.1, 0.15) is 11.9 Å². The second-order valence-electron chi connectivity index (χ2n) is 10.9. The smallest absolute Gasteiger partial charge is 0.416 e. The highest BCUT2D eigenvalue weighted by Gasteiger charge is 2.34. The molecule has 0 saturated heterocycles. The Kier molecular flexibility index (Phi) is 10.7. The number of alkyl halides is 3. The Bertz CT molecular complexity index is 1490. The molecular weight excluding hydrogens is 620 g/mol. The fourth-order valence-electron chi connectivity index (χ4n) is 4.88. The van der Waals surface area contributed by atoms with Crippen LogP contribution in [0, 0.1) is 5.92 Å². The van der Waals surface area contributed by atoms with Crippen molar-refractivity contribution in [2.75, 3.05) is 37.4 Å². The van der Waals surface area contributed by atoms with Gasteiger partial charge in [-0.05, 0) is 74.1 Å². The maximum absolute atomic E-state index is 13.7. The summed E-state index contributed by atoms with van der Waals surface area (Å²) in [6.45, 7) is 4.88. The van der Waals surface area contributed by atoms with E-state index < -0.39 is 23.8 Å². The van der Waals surface area contributed by atoms with E-state index in [4.69, 9.17) is 27.9 Å². The van der Waals surface area contributed by atoms with Crippen LogP contribution in [-0.4, -0.2) is 65.7 Å². The molecule has 13 heteroatoms. The zero-order chi connectivity index (χ0) is 32.2. The number of hydrogen-bond acceptors (Lipinski definition) is 5. The number of carbonyl (C=O) groups excluding carboxylic acids is 2. The number of fused-ring (bicyclic) bond motifs is 1. The van der Waals surface area contributed by atoms with E-state index in [2.05, 4.69) is 15.5 Å². The molecule has 3 N–H and O–H groups in total. The van der Waals surface area contributed by atoms with Crippen LogP contribution in [0.1, 0.15) is 35.3 Å². The highest BCUT2D eigenvalue weighted by Crippen LogP contribution is 2.32. The van der Waals surface area contributed by atoms with E-state index in [0.717, 1.165) is 29.8 Å². The van der Waals surface area contributed by atoms with Gasteiger partial charge in [0, 0.05) is 36.9 Å². The lowest BCUT2D eigenvalue weighted by Gasteiger charge is -2.38. The van der Waals surface area contributed by atoms with Gasteiger partial charge in [-0.2, -0.15) is 13.2 Å². The SMILES string of the molecule is C[C@H](CO)N1C[C@H](C)[C@@H](CN(C)Cc2ccc(Cl)c(Cl)c2)Oc2ccc(NC(=O)Nc3ccc(C(F)(F)F)cc3)cc2C1=O. The summed E-state index contributed by atoms with van der Waals surface area (Å²) in [5.41, 5.74) is 0.756. The molecule has 0 saturated carbocycles. The summed E-state index contributed by atoms with van der Waals surface area (Å²) in [6.07, 6.45) is -4.83. The third kappa shape index (κ3) is 8.35. The molecule has 3 aromatic rings. The molecule has 3 atom stereocenters. The number of ether oxygens (including phenoxy) is 1. The minimum Gasteiger partial charge on any atom is -0.488 e. The Balaban J connectivity index is 1.53. The topological polar surface area (TPSA) is 94.1 Å². The number of rotatable bonds is 8. The Morgan fingerprint density at radius 2 is 1.73 bits per heavy atom. The van der Waals surface area contributed by atoms with Crippen LogP contribution in [0.4, 0.5) is 29.3 Å². The van der Waals surface area contributed by atoms with Crippen LogP contribution < -0.4 is 15.4 Å². The minimum absolute atomic E-state index is 0.107. The van der Waals surface area contributed by atoms with Gasteiger partial charge in [-0.3, -0.25) is 9.69 Å². The number of nitrogens with one attached hydrogen (secondary N) is 2. The van der Waals surface area contributed by atoms with Crippen LogP contribution in [0.15, 0.2) is 60.7 Å². The van der Waals surface area contributed by atoms with Crippen molar-refractivity contribution in [2.24, 2.45) is 5.92 Å². The van der Waals surface area contributed by atoms with E-state index in [-0.39, 0.29) is 41.5 Å². The number of halogens is 5. The number of benzene rings is 3. The van der Waals surface area contributed by atoms with Crippen LogP contribution in [-0.2, 0) is 12.7 Å². The number of nitrogens with zero attached hydrogens (tertiary/aromatic N) is 2. The van der Waals surface area contributed by atoms with E-state index in [1.54, 1.807) is 30.0 Å². The Hall–Kier alpha value is -3.51. The maximum atomic E-state index is 13.7. The van der Waals surface area contributed by atoms with Gasteiger partial charge in [0.15, 0.2) is 0 Å². The molecule has 1 heterocycles. The van der Waals surface area contributed by atoms with E-state index in [1.807, 2.05) is 26.1 Å². The lowest BCUT2D eigenvalue weighted by Crippen LogP contribution is -2.49. The van der Waals surface area contributed by atoms with Gasteiger partial charge >= 0.3 is 12.2 Å².